The third-order valence-electron chi connectivity index (χ3n) is 6.35. The molecule has 158 valence electrons. The number of fused-ring (bicyclic) bond motifs is 5. The van der Waals surface area contributed by atoms with Crippen molar-refractivity contribution in [2.45, 2.75) is 30.5 Å². The van der Waals surface area contributed by atoms with Crippen molar-refractivity contribution in [1.29, 1.82) is 0 Å². The molecule has 0 radical (unpaired) electrons. The quantitative estimate of drug-likeness (QED) is 0.332. The van der Waals surface area contributed by atoms with E-state index < -0.39 is 17.1 Å². The van der Waals surface area contributed by atoms with Crippen molar-refractivity contribution in [3.63, 3.8) is 0 Å². The first-order chi connectivity index (χ1) is 14.9. The predicted molar refractivity (Wildman–Crippen MR) is 120 cm³/mol. The van der Waals surface area contributed by atoms with Crippen LogP contribution in [0.4, 0.5) is 5.69 Å². The molecule has 2 aliphatic rings. The Bertz CT molecular complexity index is 1270. The third-order valence-corrected chi connectivity index (χ3v) is 6.66. The van der Waals surface area contributed by atoms with Crippen molar-refractivity contribution in [3.05, 3.63) is 99.2 Å². The van der Waals surface area contributed by atoms with Gasteiger partial charge in [0.1, 0.15) is 11.6 Å². The number of aliphatic hydroxyl groups is 1. The van der Waals surface area contributed by atoms with Gasteiger partial charge >= 0.3 is 0 Å². The second-order valence-corrected chi connectivity index (χ2v) is 8.45. The molecule has 3 atom stereocenters. The van der Waals surface area contributed by atoms with Crippen LogP contribution in [0.3, 0.4) is 0 Å². The molecule has 0 saturated heterocycles. The molecule has 4 N–H and O–H groups in total. The summed E-state index contributed by atoms with van der Waals surface area (Å²) in [6.45, 7) is 5.67. The molecule has 1 aliphatic heterocycles. The van der Waals surface area contributed by atoms with Gasteiger partial charge in [-0.3, -0.25) is 4.79 Å². The monoisotopic (exact) mass is 435 g/mol. The lowest BCUT2D eigenvalue weighted by atomic mass is 9.72. The maximum atomic E-state index is 13.2. The number of benzene rings is 2. The molecular weight excluding hydrogens is 414 g/mol. The van der Waals surface area contributed by atoms with E-state index >= 15 is 0 Å². The number of nitrogens with two attached hydrogens (primary N) is 1. The predicted octanol–water partition coefficient (Wildman–Crippen LogP) is 3.25. The van der Waals surface area contributed by atoms with Gasteiger partial charge in [-0.15, -0.1) is 18.2 Å². The SMILES string of the molecule is C=CCc1nc2c(c(=O)[nH]1)[C@@H](CCl)[C@]1(c3ccc(N)cc3)Oc3ccc(C)cc3[C@]21O. The summed E-state index contributed by atoms with van der Waals surface area (Å²) in [5.41, 5.74) is 5.93. The number of nitrogens with one attached hydrogen (secondary N) is 1. The number of rotatable bonds is 4. The van der Waals surface area contributed by atoms with Gasteiger partial charge in [0.2, 0.25) is 0 Å². The van der Waals surface area contributed by atoms with Gasteiger partial charge in [-0.1, -0.05) is 29.8 Å². The molecule has 1 aromatic heterocycles. The number of halogens is 1. The Morgan fingerprint density at radius 3 is 2.74 bits per heavy atom. The number of hydrogen-bond acceptors (Lipinski definition) is 5. The van der Waals surface area contributed by atoms with Gasteiger partial charge in [0, 0.05) is 23.6 Å². The van der Waals surface area contributed by atoms with Crippen LogP contribution in [0.2, 0.25) is 0 Å². The lowest BCUT2D eigenvalue weighted by Gasteiger charge is -2.39. The van der Waals surface area contributed by atoms with E-state index in [0.717, 1.165) is 5.56 Å². The molecule has 5 rings (SSSR count). The maximum Gasteiger partial charge on any atom is 0.254 e. The number of alkyl halides is 1. The van der Waals surface area contributed by atoms with E-state index in [0.29, 0.717) is 40.4 Å². The van der Waals surface area contributed by atoms with Crippen LogP contribution in [0.1, 0.15) is 39.7 Å². The molecule has 2 aromatic carbocycles. The molecule has 31 heavy (non-hydrogen) atoms. The second-order valence-electron chi connectivity index (χ2n) is 8.14. The fourth-order valence-corrected chi connectivity index (χ4v) is 5.41. The fourth-order valence-electron chi connectivity index (χ4n) is 5.04. The number of anilines is 1. The van der Waals surface area contributed by atoms with Crippen molar-refractivity contribution in [3.8, 4) is 5.75 Å². The van der Waals surface area contributed by atoms with Crippen LogP contribution < -0.4 is 16.0 Å². The van der Waals surface area contributed by atoms with Crippen molar-refractivity contribution < 1.29 is 9.84 Å². The Morgan fingerprint density at radius 1 is 1.32 bits per heavy atom. The topological polar surface area (TPSA) is 101 Å². The summed E-state index contributed by atoms with van der Waals surface area (Å²) in [7, 11) is 0. The average Bonchev–Trinajstić information content (AvgIpc) is 3.12. The van der Waals surface area contributed by atoms with Crippen molar-refractivity contribution >= 4 is 17.3 Å². The molecule has 0 bridgehead atoms. The Morgan fingerprint density at radius 2 is 2.06 bits per heavy atom. The summed E-state index contributed by atoms with van der Waals surface area (Å²) in [4.78, 5) is 20.7. The highest BCUT2D eigenvalue weighted by molar-refractivity contribution is 6.18. The fraction of sp³-hybridized carbons (Fsp3) is 0.250. The zero-order chi connectivity index (χ0) is 22.0. The molecule has 3 aromatic rings. The Labute approximate surface area is 184 Å². The highest BCUT2D eigenvalue weighted by atomic mass is 35.5. The van der Waals surface area contributed by atoms with Gasteiger partial charge < -0.3 is 20.6 Å². The van der Waals surface area contributed by atoms with E-state index in [-0.39, 0.29) is 17.1 Å². The molecule has 0 amide bonds. The zero-order valence-corrected chi connectivity index (χ0v) is 17.7. The van der Waals surface area contributed by atoms with Gasteiger partial charge in [0.05, 0.1) is 17.2 Å². The van der Waals surface area contributed by atoms with Crippen LogP contribution in [0.5, 0.6) is 5.75 Å². The van der Waals surface area contributed by atoms with Crippen LogP contribution in [-0.2, 0) is 17.6 Å². The molecule has 0 unspecified atom stereocenters. The average molecular weight is 436 g/mol. The van der Waals surface area contributed by atoms with Crippen molar-refractivity contribution in [1.82, 2.24) is 9.97 Å². The minimum Gasteiger partial charge on any atom is -0.478 e. The summed E-state index contributed by atoms with van der Waals surface area (Å²) in [5.74, 6) is 0.380. The highest BCUT2D eigenvalue weighted by Gasteiger charge is 2.72. The number of aromatic amines is 1. The number of aryl methyl sites for hydroxylation is 1. The standard InChI is InChI=1S/C24H22ClN3O3/c1-3-4-19-27-21-20(22(29)28-19)17(12-25)24(14-6-8-15(26)9-7-14)23(21,30)16-11-13(2)5-10-18(16)31-24/h3,5-11,17,30H,1,4,12,26H2,2H3,(H,27,28,29)/t17-,23+,24+/m1/s1. The minimum atomic E-state index is -1.70. The smallest absolute Gasteiger partial charge is 0.254 e. The van der Waals surface area contributed by atoms with Gasteiger partial charge in [-0.05, 0) is 36.8 Å². The summed E-state index contributed by atoms with van der Waals surface area (Å²) in [5, 5.41) is 12.5. The van der Waals surface area contributed by atoms with Gasteiger partial charge in [-0.25, -0.2) is 4.98 Å². The van der Waals surface area contributed by atoms with Gasteiger partial charge in [0.25, 0.3) is 5.56 Å². The number of allylic oxidation sites excluding steroid dienone is 1. The summed E-state index contributed by atoms with van der Waals surface area (Å²) in [6, 6.07) is 12.7. The lowest BCUT2D eigenvalue weighted by Crippen LogP contribution is -2.49. The Hall–Kier alpha value is -3.09. The minimum absolute atomic E-state index is 0.0538. The molecule has 0 spiro atoms. The van der Waals surface area contributed by atoms with E-state index in [1.165, 1.54) is 0 Å². The van der Waals surface area contributed by atoms with E-state index in [4.69, 9.17) is 27.1 Å². The maximum absolute atomic E-state index is 13.2. The molecule has 2 heterocycles. The van der Waals surface area contributed by atoms with Crippen LogP contribution in [-0.4, -0.2) is 21.0 Å². The van der Waals surface area contributed by atoms with Gasteiger partial charge in [0.15, 0.2) is 11.2 Å². The van der Waals surface area contributed by atoms with Crippen LogP contribution in [0.25, 0.3) is 0 Å². The van der Waals surface area contributed by atoms with Crippen molar-refractivity contribution in [2.24, 2.45) is 0 Å². The normalized spacial score (nSPS) is 25.5. The second kappa shape index (κ2) is 6.70. The first-order valence-corrected chi connectivity index (χ1v) is 10.6. The summed E-state index contributed by atoms with van der Waals surface area (Å²) in [6.07, 6.45) is 2.01. The van der Waals surface area contributed by atoms with Crippen molar-refractivity contribution in [2.75, 3.05) is 11.6 Å². The van der Waals surface area contributed by atoms with Crippen LogP contribution in [0.15, 0.2) is 59.9 Å². The van der Waals surface area contributed by atoms with E-state index in [1.54, 1.807) is 18.2 Å². The largest absolute Gasteiger partial charge is 0.478 e. The van der Waals surface area contributed by atoms with E-state index in [1.807, 2.05) is 37.3 Å². The molecular formula is C24H22ClN3O3. The first-order valence-electron chi connectivity index (χ1n) is 10.1. The first kappa shape index (κ1) is 19.8. The van der Waals surface area contributed by atoms with Gasteiger partial charge in [-0.2, -0.15) is 0 Å². The number of aromatic nitrogens is 2. The summed E-state index contributed by atoms with van der Waals surface area (Å²) >= 11 is 6.47. The van der Waals surface area contributed by atoms with E-state index in [2.05, 4.69) is 11.6 Å². The molecule has 6 nitrogen and oxygen atoms in total. The van der Waals surface area contributed by atoms with Crippen LogP contribution in [0, 0.1) is 6.92 Å². The zero-order valence-electron chi connectivity index (χ0n) is 17.0. The number of H-pyrrole nitrogens is 1. The number of nitrogen functional groups attached to an aromatic ring is 1. The Balaban J connectivity index is 1.91. The summed E-state index contributed by atoms with van der Waals surface area (Å²) < 4.78 is 6.56. The molecule has 7 heteroatoms. The lowest BCUT2D eigenvalue weighted by molar-refractivity contribution is -0.0933. The van der Waals surface area contributed by atoms with Crippen LogP contribution >= 0.6 is 11.6 Å². The highest BCUT2D eigenvalue weighted by Crippen LogP contribution is 2.66. The van der Waals surface area contributed by atoms with E-state index in [9.17, 15) is 9.90 Å². The third kappa shape index (κ3) is 2.43. The number of hydrogen-bond donors (Lipinski definition) is 3. The number of ether oxygens (including phenoxy) is 1. The number of nitrogens with zero attached hydrogens (tertiary/aromatic N) is 1. The molecule has 1 aliphatic carbocycles. The Kier molecular flexibility index (Phi) is 4.29. The molecule has 0 saturated carbocycles. The molecule has 0 fully saturated rings.